The van der Waals surface area contributed by atoms with Crippen molar-refractivity contribution < 1.29 is 4.74 Å². The lowest BCUT2D eigenvalue weighted by Gasteiger charge is -2.09. The number of methoxy groups -OCH3 is 1. The smallest absolute Gasteiger partial charge is 0.158 e. The molecule has 2 aromatic heterocycles. The quantitative estimate of drug-likeness (QED) is 0.822. The van der Waals surface area contributed by atoms with Crippen molar-refractivity contribution in [3.63, 3.8) is 0 Å². The number of ether oxygens (including phenoxy) is 1. The van der Waals surface area contributed by atoms with Gasteiger partial charge in [-0.15, -0.1) is 0 Å². The molecule has 0 radical (unpaired) electrons. The van der Waals surface area contributed by atoms with Crippen molar-refractivity contribution in [3.05, 3.63) is 42.0 Å². The van der Waals surface area contributed by atoms with E-state index in [1.807, 2.05) is 25.2 Å². The van der Waals surface area contributed by atoms with E-state index >= 15 is 0 Å². The molecule has 2 heterocycles. The summed E-state index contributed by atoms with van der Waals surface area (Å²) in [4.78, 5) is 12.7. The molecule has 100 valence electrons. The highest BCUT2D eigenvalue weighted by atomic mass is 16.5. The van der Waals surface area contributed by atoms with Crippen LogP contribution in [0.3, 0.4) is 0 Å². The Balaban J connectivity index is 2.08. The number of hydrogen-bond acceptors (Lipinski definition) is 6. The Morgan fingerprint density at radius 3 is 2.58 bits per heavy atom. The molecule has 0 aliphatic carbocycles. The molecule has 0 unspecified atom stereocenters. The molecule has 2 aromatic rings. The van der Waals surface area contributed by atoms with Gasteiger partial charge in [-0.05, 0) is 17.7 Å². The van der Waals surface area contributed by atoms with Crippen LogP contribution >= 0.6 is 0 Å². The third kappa shape index (κ3) is 3.89. The summed E-state index contributed by atoms with van der Waals surface area (Å²) in [5.41, 5.74) is 1.15. The van der Waals surface area contributed by atoms with E-state index in [9.17, 15) is 0 Å². The number of nitrogens with one attached hydrogen (secondary N) is 2. The van der Waals surface area contributed by atoms with Gasteiger partial charge in [0.25, 0.3) is 0 Å². The predicted molar refractivity (Wildman–Crippen MR) is 73.9 cm³/mol. The molecule has 6 heteroatoms. The average Bonchev–Trinajstić information content (AvgIpc) is 2.46. The number of pyridine rings is 1. The third-order valence-electron chi connectivity index (χ3n) is 2.53. The first-order chi connectivity index (χ1) is 9.31. The standard InChI is InChI=1S/C13H17N5O/c1-14-11-7-12(18-13(17-11)9-19-2)16-8-10-3-5-15-6-4-10/h3-7H,8-9H2,1-2H3,(H2,14,16,17,18). The number of rotatable bonds is 6. The lowest BCUT2D eigenvalue weighted by Crippen LogP contribution is -2.07. The van der Waals surface area contributed by atoms with Crippen molar-refractivity contribution in [1.29, 1.82) is 0 Å². The summed E-state index contributed by atoms with van der Waals surface area (Å²) in [6.45, 7) is 1.08. The fraction of sp³-hybridized carbons (Fsp3) is 0.308. The fourth-order valence-corrected chi connectivity index (χ4v) is 1.60. The van der Waals surface area contributed by atoms with Crippen LogP contribution in [0.15, 0.2) is 30.6 Å². The van der Waals surface area contributed by atoms with E-state index in [1.165, 1.54) is 0 Å². The monoisotopic (exact) mass is 259 g/mol. The highest BCUT2D eigenvalue weighted by Crippen LogP contribution is 2.12. The zero-order valence-electron chi connectivity index (χ0n) is 11.1. The molecule has 0 saturated heterocycles. The summed E-state index contributed by atoms with van der Waals surface area (Å²) in [7, 11) is 3.45. The van der Waals surface area contributed by atoms with Gasteiger partial charge in [-0.25, -0.2) is 9.97 Å². The Labute approximate surface area is 112 Å². The van der Waals surface area contributed by atoms with Crippen LogP contribution in [0.4, 0.5) is 11.6 Å². The lowest BCUT2D eigenvalue weighted by molar-refractivity contribution is 0.178. The molecule has 0 aliphatic heterocycles. The molecule has 0 spiro atoms. The van der Waals surface area contributed by atoms with Gasteiger partial charge in [-0.2, -0.15) is 0 Å². The number of aromatic nitrogens is 3. The molecule has 0 amide bonds. The van der Waals surface area contributed by atoms with Crippen LogP contribution in [-0.4, -0.2) is 29.1 Å². The van der Waals surface area contributed by atoms with Crippen LogP contribution in [0.5, 0.6) is 0 Å². The molecule has 0 aliphatic rings. The lowest BCUT2D eigenvalue weighted by atomic mass is 10.3. The highest BCUT2D eigenvalue weighted by Gasteiger charge is 2.03. The summed E-state index contributed by atoms with van der Waals surface area (Å²) in [6.07, 6.45) is 3.54. The van der Waals surface area contributed by atoms with Crippen LogP contribution in [0.2, 0.25) is 0 Å². The number of anilines is 2. The van der Waals surface area contributed by atoms with Crippen molar-refractivity contribution in [1.82, 2.24) is 15.0 Å². The minimum Gasteiger partial charge on any atom is -0.377 e. The van der Waals surface area contributed by atoms with E-state index in [0.717, 1.165) is 17.2 Å². The van der Waals surface area contributed by atoms with Gasteiger partial charge < -0.3 is 15.4 Å². The second-order valence-electron chi connectivity index (χ2n) is 3.95. The van der Waals surface area contributed by atoms with E-state index < -0.39 is 0 Å². The predicted octanol–water partition coefficient (Wildman–Crippen LogP) is 1.67. The van der Waals surface area contributed by atoms with Gasteiger partial charge >= 0.3 is 0 Å². The first kappa shape index (κ1) is 13.2. The van der Waals surface area contributed by atoms with Crippen molar-refractivity contribution in [3.8, 4) is 0 Å². The van der Waals surface area contributed by atoms with Gasteiger partial charge in [0.05, 0.1) is 0 Å². The first-order valence-corrected chi connectivity index (χ1v) is 5.99. The third-order valence-corrected chi connectivity index (χ3v) is 2.53. The molecule has 0 aromatic carbocycles. The molecule has 0 bridgehead atoms. The SMILES string of the molecule is CNc1cc(NCc2ccncc2)nc(COC)n1. The van der Waals surface area contributed by atoms with Gasteiger partial charge in [0.1, 0.15) is 18.2 Å². The minimum atomic E-state index is 0.388. The highest BCUT2D eigenvalue weighted by molar-refractivity contribution is 5.47. The van der Waals surface area contributed by atoms with E-state index in [2.05, 4.69) is 25.6 Å². The van der Waals surface area contributed by atoms with Crippen LogP contribution in [0.25, 0.3) is 0 Å². The Morgan fingerprint density at radius 2 is 1.89 bits per heavy atom. The van der Waals surface area contributed by atoms with Crippen LogP contribution < -0.4 is 10.6 Å². The molecule has 0 saturated carbocycles. The Hall–Kier alpha value is -2.21. The molecule has 6 nitrogen and oxygen atoms in total. The number of nitrogens with zero attached hydrogens (tertiary/aromatic N) is 3. The maximum absolute atomic E-state index is 5.06. The van der Waals surface area contributed by atoms with E-state index in [4.69, 9.17) is 4.74 Å². The van der Waals surface area contributed by atoms with Crippen molar-refractivity contribution in [2.75, 3.05) is 24.8 Å². The largest absolute Gasteiger partial charge is 0.377 e. The average molecular weight is 259 g/mol. The zero-order chi connectivity index (χ0) is 13.5. The fourth-order valence-electron chi connectivity index (χ4n) is 1.60. The number of hydrogen-bond donors (Lipinski definition) is 2. The van der Waals surface area contributed by atoms with Gasteiger partial charge in [0.2, 0.25) is 0 Å². The second-order valence-corrected chi connectivity index (χ2v) is 3.95. The maximum Gasteiger partial charge on any atom is 0.158 e. The van der Waals surface area contributed by atoms with Crippen molar-refractivity contribution in [2.24, 2.45) is 0 Å². The maximum atomic E-state index is 5.06. The molecule has 2 N–H and O–H groups in total. The summed E-state index contributed by atoms with van der Waals surface area (Å²) in [5, 5.41) is 6.27. The topological polar surface area (TPSA) is 72.0 Å². The normalized spacial score (nSPS) is 10.2. The van der Waals surface area contributed by atoms with Crippen LogP contribution in [-0.2, 0) is 17.9 Å². The zero-order valence-corrected chi connectivity index (χ0v) is 11.1. The molecular weight excluding hydrogens is 242 g/mol. The summed E-state index contributed by atoms with van der Waals surface area (Å²) < 4.78 is 5.06. The second kappa shape index (κ2) is 6.65. The van der Waals surface area contributed by atoms with Crippen LogP contribution in [0, 0.1) is 0 Å². The first-order valence-electron chi connectivity index (χ1n) is 5.99. The Morgan fingerprint density at radius 1 is 1.16 bits per heavy atom. The van der Waals surface area contributed by atoms with Crippen molar-refractivity contribution >= 4 is 11.6 Å². The van der Waals surface area contributed by atoms with Crippen molar-refractivity contribution in [2.45, 2.75) is 13.2 Å². The summed E-state index contributed by atoms with van der Waals surface area (Å²) in [6, 6.07) is 5.78. The molecule has 0 fully saturated rings. The Bertz CT molecular complexity index is 518. The molecular formula is C13H17N5O. The van der Waals surface area contributed by atoms with E-state index in [1.54, 1.807) is 19.5 Å². The van der Waals surface area contributed by atoms with Gasteiger partial charge in [0, 0.05) is 39.2 Å². The van der Waals surface area contributed by atoms with Gasteiger partial charge in [0.15, 0.2) is 5.82 Å². The van der Waals surface area contributed by atoms with E-state index in [0.29, 0.717) is 19.0 Å². The molecule has 19 heavy (non-hydrogen) atoms. The van der Waals surface area contributed by atoms with E-state index in [-0.39, 0.29) is 0 Å². The molecule has 2 rings (SSSR count). The van der Waals surface area contributed by atoms with Gasteiger partial charge in [-0.1, -0.05) is 0 Å². The molecule has 0 atom stereocenters. The Kier molecular flexibility index (Phi) is 4.63. The van der Waals surface area contributed by atoms with Gasteiger partial charge in [-0.3, -0.25) is 4.98 Å². The summed E-state index contributed by atoms with van der Waals surface area (Å²) in [5.74, 6) is 2.18. The minimum absolute atomic E-state index is 0.388. The summed E-state index contributed by atoms with van der Waals surface area (Å²) >= 11 is 0. The van der Waals surface area contributed by atoms with Crippen LogP contribution in [0.1, 0.15) is 11.4 Å².